The molecule has 0 amide bonds. The van der Waals surface area contributed by atoms with Gasteiger partial charge < -0.3 is 9.80 Å². The fourth-order valence-electron chi connectivity index (χ4n) is 2.74. The topological polar surface area (TPSA) is 30.3 Å². The molecule has 0 aliphatic heterocycles. The van der Waals surface area contributed by atoms with Crippen molar-refractivity contribution in [3.05, 3.63) is 28.8 Å². The van der Waals surface area contributed by atoms with Gasteiger partial charge in [0.05, 0.1) is 22.3 Å². The molecule has 0 bridgehead atoms. The number of anilines is 1. The van der Waals surface area contributed by atoms with Gasteiger partial charge in [-0.1, -0.05) is 11.6 Å². The van der Waals surface area contributed by atoms with Crippen LogP contribution in [0.2, 0.25) is 5.02 Å². The zero-order chi connectivity index (χ0) is 14.0. The summed E-state index contributed by atoms with van der Waals surface area (Å²) in [5, 5.41) is 9.52. The Balaban J connectivity index is 2.16. The maximum absolute atomic E-state index is 8.87. The third-order valence-corrected chi connectivity index (χ3v) is 4.56. The van der Waals surface area contributed by atoms with Crippen LogP contribution >= 0.6 is 11.6 Å². The molecule has 1 aliphatic carbocycles. The lowest BCUT2D eigenvalue weighted by Gasteiger charge is -2.49. The lowest BCUT2D eigenvalue weighted by atomic mass is 9.75. The first-order chi connectivity index (χ1) is 8.98. The Morgan fingerprint density at radius 3 is 2.42 bits per heavy atom. The summed E-state index contributed by atoms with van der Waals surface area (Å²) in [4.78, 5) is 4.52. The number of nitriles is 1. The lowest BCUT2D eigenvalue weighted by Crippen LogP contribution is -2.56. The van der Waals surface area contributed by atoms with Gasteiger partial charge in [-0.15, -0.1) is 0 Å². The second-order valence-electron chi connectivity index (χ2n) is 5.61. The van der Waals surface area contributed by atoms with Crippen molar-refractivity contribution in [3.63, 3.8) is 0 Å². The molecule has 1 aliphatic rings. The summed E-state index contributed by atoms with van der Waals surface area (Å²) >= 11 is 6.27. The monoisotopic (exact) mass is 277 g/mol. The average Bonchev–Trinajstić information content (AvgIpc) is 2.32. The second-order valence-corrected chi connectivity index (χ2v) is 6.01. The van der Waals surface area contributed by atoms with Crippen LogP contribution in [0.1, 0.15) is 24.8 Å². The molecule has 102 valence electrons. The predicted octanol–water partition coefficient (Wildman–Crippen LogP) is 3.13. The van der Waals surface area contributed by atoms with Crippen molar-refractivity contribution in [1.82, 2.24) is 4.90 Å². The van der Waals surface area contributed by atoms with E-state index in [0.29, 0.717) is 10.6 Å². The molecule has 1 fully saturated rings. The molecule has 0 heterocycles. The van der Waals surface area contributed by atoms with Gasteiger partial charge in [-0.05, 0) is 51.6 Å². The normalized spacial score (nSPS) is 16.8. The molecule has 1 saturated carbocycles. The summed E-state index contributed by atoms with van der Waals surface area (Å²) in [6.45, 7) is 0.964. The van der Waals surface area contributed by atoms with E-state index in [-0.39, 0.29) is 5.54 Å². The van der Waals surface area contributed by atoms with Crippen LogP contribution < -0.4 is 4.90 Å². The van der Waals surface area contributed by atoms with Gasteiger partial charge >= 0.3 is 0 Å². The Kier molecular flexibility index (Phi) is 4.03. The minimum Gasteiger partial charge on any atom is -0.372 e. The van der Waals surface area contributed by atoms with Gasteiger partial charge in [0.25, 0.3) is 0 Å². The molecule has 2 rings (SSSR count). The van der Waals surface area contributed by atoms with Gasteiger partial charge in [0.2, 0.25) is 0 Å². The Labute approximate surface area is 120 Å². The molecule has 1 aromatic carbocycles. The van der Waals surface area contributed by atoms with Crippen LogP contribution in [-0.2, 0) is 0 Å². The van der Waals surface area contributed by atoms with E-state index in [1.165, 1.54) is 19.3 Å². The smallest absolute Gasteiger partial charge is 0.0992 e. The number of nitrogens with zero attached hydrogens (tertiary/aromatic N) is 3. The minimum atomic E-state index is 0.270. The number of hydrogen-bond donors (Lipinski definition) is 0. The van der Waals surface area contributed by atoms with Crippen LogP contribution in [0.25, 0.3) is 0 Å². The molecule has 0 saturated heterocycles. The number of hydrogen-bond acceptors (Lipinski definition) is 3. The maximum Gasteiger partial charge on any atom is 0.0992 e. The summed E-state index contributed by atoms with van der Waals surface area (Å²) in [5.74, 6) is 0. The quantitative estimate of drug-likeness (QED) is 0.847. The van der Waals surface area contributed by atoms with Crippen molar-refractivity contribution in [3.8, 4) is 6.07 Å². The van der Waals surface area contributed by atoms with Crippen molar-refractivity contribution >= 4 is 17.3 Å². The van der Waals surface area contributed by atoms with Crippen molar-refractivity contribution in [1.29, 1.82) is 5.26 Å². The van der Waals surface area contributed by atoms with Crippen LogP contribution in [0.3, 0.4) is 0 Å². The van der Waals surface area contributed by atoms with Gasteiger partial charge in [-0.2, -0.15) is 5.26 Å². The van der Waals surface area contributed by atoms with E-state index in [1.54, 1.807) is 6.07 Å². The highest BCUT2D eigenvalue weighted by Crippen LogP contribution is 2.38. The van der Waals surface area contributed by atoms with Crippen molar-refractivity contribution in [2.75, 3.05) is 32.6 Å². The van der Waals surface area contributed by atoms with Crippen LogP contribution in [0.15, 0.2) is 18.2 Å². The molecular weight excluding hydrogens is 258 g/mol. The minimum absolute atomic E-state index is 0.270. The first-order valence-electron chi connectivity index (χ1n) is 6.57. The SMILES string of the molecule is CN(CC1(N(C)C)CCC1)c1ccc(C#N)cc1Cl. The Hall–Kier alpha value is -1.24. The van der Waals surface area contributed by atoms with Crippen molar-refractivity contribution in [2.24, 2.45) is 0 Å². The van der Waals surface area contributed by atoms with E-state index in [9.17, 15) is 0 Å². The van der Waals surface area contributed by atoms with Gasteiger partial charge in [-0.3, -0.25) is 0 Å². The first-order valence-corrected chi connectivity index (χ1v) is 6.94. The highest BCUT2D eigenvalue weighted by Gasteiger charge is 2.40. The lowest BCUT2D eigenvalue weighted by molar-refractivity contribution is 0.0683. The number of likely N-dealkylation sites (N-methyl/N-ethyl adjacent to an activating group) is 2. The molecule has 0 N–H and O–H groups in total. The summed E-state index contributed by atoms with van der Waals surface area (Å²) in [5.41, 5.74) is 1.87. The van der Waals surface area contributed by atoms with Crippen LogP contribution in [0, 0.1) is 11.3 Å². The van der Waals surface area contributed by atoms with E-state index in [1.807, 2.05) is 12.1 Å². The van der Waals surface area contributed by atoms with E-state index in [0.717, 1.165) is 12.2 Å². The molecular formula is C15H20ClN3. The largest absolute Gasteiger partial charge is 0.372 e. The zero-order valence-electron chi connectivity index (χ0n) is 11.8. The Morgan fingerprint density at radius 2 is 2.00 bits per heavy atom. The molecule has 1 aromatic rings. The Morgan fingerprint density at radius 1 is 1.32 bits per heavy atom. The number of benzene rings is 1. The van der Waals surface area contributed by atoms with Gasteiger partial charge in [0.1, 0.15) is 0 Å². The zero-order valence-corrected chi connectivity index (χ0v) is 12.5. The van der Waals surface area contributed by atoms with Crippen molar-refractivity contribution < 1.29 is 0 Å². The summed E-state index contributed by atoms with van der Waals surface area (Å²) in [6.07, 6.45) is 3.77. The standard InChI is InChI=1S/C15H20ClN3/c1-18(2)15(7-4-8-15)11-19(3)14-6-5-12(10-17)9-13(14)16/h5-6,9H,4,7-8,11H2,1-3H3. The van der Waals surface area contributed by atoms with E-state index >= 15 is 0 Å². The van der Waals surface area contributed by atoms with Crippen LogP contribution in [0.4, 0.5) is 5.69 Å². The summed E-state index contributed by atoms with van der Waals surface area (Å²) in [7, 11) is 6.36. The molecule has 0 unspecified atom stereocenters. The number of halogens is 1. The highest BCUT2D eigenvalue weighted by molar-refractivity contribution is 6.33. The molecule has 3 nitrogen and oxygen atoms in total. The average molecular weight is 278 g/mol. The molecule has 19 heavy (non-hydrogen) atoms. The fourth-order valence-corrected chi connectivity index (χ4v) is 3.07. The van der Waals surface area contributed by atoms with Crippen molar-refractivity contribution in [2.45, 2.75) is 24.8 Å². The van der Waals surface area contributed by atoms with Gasteiger partial charge in [-0.25, -0.2) is 0 Å². The molecule has 0 aromatic heterocycles. The maximum atomic E-state index is 8.87. The molecule has 0 atom stereocenters. The predicted molar refractivity (Wildman–Crippen MR) is 79.7 cm³/mol. The second kappa shape index (κ2) is 5.40. The van der Waals surface area contributed by atoms with Gasteiger partial charge in [0, 0.05) is 19.1 Å². The first kappa shape index (κ1) is 14.2. The number of rotatable bonds is 4. The Bertz CT molecular complexity index is 501. The summed E-state index contributed by atoms with van der Waals surface area (Å²) in [6, 6.07) is 7.60. The molecule has 0 radical (unpaired) electrons. The van der Waals surface area contributed by atoms with E-state index in [2.05, 4.69) is 37.0 Å². The third-order valence-electron chi connectivity index (χ3n) is 4.25. The highest BCUT2D eigenvalue weighted by atomic mass is 35.5. The third kappa shape index (κ3) is 2.70. The molecule has 0 spiro atoms. The fraction of sp³-hybridized carbons (Fsp3) is 0.533. The van der Waals surface area contributed by atoms with Gasteiger partial charge in [0.15, 0.2) is 0 Å². The van der Waals surface area contributed by atoms with Crippen LogP contribution in [-0.4, -0.2) is 38.1 Å². The van der Waals surface area contributed by atoms with E-state index < -0.39 is 0 Å². The molecule has 4 heteroatoms. The van der Waals surface area contributed by atoms with Crippen LogP contribution in [0.5, 0.6) is 0 Å². The van der Waals surface area contributed by atoms with E-state index in [4.69, 9.17) is 16.9 Å². The summed E-state index contributed by atoms with van der Waals surface area (Å²) < 4.78 is 0.